The van der Waals surface area contributed by atoms with Crippen LogP contribution in [0.25, 0.3) is 0 Å². The predicted molar refractivity (Wildman–Crippen MR) is 196 cm³/mol. The van der Waals surface area contributed by atoms with Gasteiger partial charge in [-0.2, -0.15) is 5.26 Å². The number of amides is 1. The van der Waals surface area contributed by atoms with Gasteiger partial charge < -0.3 is 33.5 Å². The van der Waals surface area contributed by atoms with E-state index in [9.17, 15) is 10.1 Å². The molecule has 2 fully saturated rings. The summed E-state index contributed by atoms with van der Waals surface area (Å²) in [6.07, 6.45) is 1.80. The maximum absolute atomic E-state index is 13.2. The van der Waals surface area contributed by atoms with Crippen molar-refractivity contribution in [1.82, 2.24) is 4.90 Å². The highest BCUT2D eigenvalue weighted by Gasteiger charge is 2.34. The third kappa shape index (κ3) is 9.81. The molecule has 3 atom stereocenters. The van der Waals surface area contributed by atoms with Gasteiger partial charge in [0.25, 0.3) is 0 Å². The summed E-state index contributed by atoms with van der Waals surface area (Å²) in [5.41, 5.74) is 5.31. The van der Waals surface area contributed by atoms with Gasteiger partial charge in [0.2, 0.25) is 0 Å². The van der Waals surface area contributed by atoms with Crippen LogP contribution in [0.1, 0.15) is 47.4 Å². The molecule has 0 saturated carbocycles. The first-order chi connectivity index (χ1) is 25.1. The van der Waals surface area contributed by atoms with Crippen LogP contribution in [0.2, 0.25) is 0 Å². The van der Waals surface area contributed by atoms with E-state index in [-0.39, 0.29) is 30.6 Å². The number of rotatable bonds is 15. The molecule has 2 saturated heterocycles. The Morgan fingerprint density at radius 1 is 0.804 bits per heavy atom. The first-order valence-corrected chi connectivity index (χ1v) is 17.8. The van der Waals surface area contributed by atoms with Gasteiger partial charge in [0.05, 0.1) is 58.2 Å². The largest absolute Gasteiger partial charge is 0.496 e. The Bertz CT molecular complexity index is 1730. The molecule has 0 N–H and O–H groups in total. The maximum atomic E-state index is 13.2. The van der Waals surface area contributed by atoms with Gasteiger partial charge >= 0.3 is 6.09 Å². The van der Waals surface area contributed by atoms with E-state index in [2.05, 4.69) is 35.2 Å². The Labute approximate surface area is 301 Å². The molecule has 9 heteroatoms. The third-order valence-electron chi connectivity index (χ3n) is 9.64. The van der Waals surface area contributed by atoms with Gasteiger partial charge in [0, 0.05) is 48.8 Å². The van der Waals surface area contributed by atoms with Gasteiger partial charge in [-0.05, 0) is 48.2 Å². The second-order valence-corrected chi connectivity index (χ2v) is 13.1. The van der Waals surface area contributed by atoms with E-state index in [1.807, 2.05) is 78.9 Å². The van der Waals surface area contributed by atoms with Crippen molar-refractivity contribution in [2.45, 2.75) is 51.1 Å². The number of likely N-dealkylation sites (tertiary alicyclic amines) is 1. The average Bonchev–Trinajstić information content (AvgIpc) is 3.68. The summed E-state index contributed by atoms with van der Waals surface area (Å²) in [6, 6.07) is 36.5. The van der Waals surface area contributed by atoms with E-state index in [0.717, 1.165) is 71.8 Å². The smallest absolute Gasteiger partial charge is 0.410 e. The lowest BCUT2D eigenvalue weighted by Crippen LogP contribution is -2.47. The predicted octanol–water partition coefficient (Wildman–Crippen LogP) is 7.74. The highest BCUT2D eigenvalue weighted by Crippen LogP contribution is 2.34. The normalized spacial score (nSPS) is 18.6. The van der Waals surface area contributed by atoms with Gasteiger partial charge in [-0.25, -0.2) is 4.79 Å². The molecule has 9 nitrogen and oxygen atoms in total. The van der Waals surface area contributed by atoms with E-state index in [0.29, 0.717) is 39.5 Å². The molecule has 0 radical (unpaired) electrons. The Morgan fingerprint density at radius 3 is 2.35 bits per heavy atom. The number of piperidine rings is 1. The summed E-state index contributed by atoms with van der Waals surface area (Å²) in [4.78, 5) is 17.3. The fourth-order valence-electron chi connectivity index (χ4n) is 6.83. The molecule has 266 valence electrons. The molecule has 0 spiro atoms. The summed E-state index contributed by atoms with van der Waals surface area (Å²) >= 11 is 0. The molecule has 2 unspecified atom stereocenters. The second-order valence-electron chi connectivity index (χ2n) is 13.1. The van der Waals surface area contributed by atoms with Gasteiger partial charge in [-0.15, -0.1) is 0 Å². The zero-order valence-electron chi connectivity index (χ0n) is 29.3. The van der Waals surface area contributed by atoms with Crippen LogP contribution in [0.4, 0.5) is 10.5 Å². The SMILES string of the molecule is COc1ccccc1COCCCOc1ccc(C2CCN(C(=O)OCc3ccccc3)CC2OCc2ccccc2N2CC[C@@H](C#N)C2)cc1. The molecule has 6 rings (SSSR count). The van der Waals surface area contributed by atoms with Crippen molar-refractivity contribution in [2.24, 2.45) is 5.92 Å². The number of carbonyl (C=O) groups excluding carboxylic acids is 1. The van der Waals surface area contributed by atoms with Crippen LogP contribution >= 0.6 is 0 Å². The Hall–Kier alpha value is -5.04. The summed E-state index contributed by atoms with van der Waals surface area (Å²) in [5, 5.41) is 9.47. The highest BCUT2D eigenvalue weighted by atomic mass is 16.6. The number of benzene rings is 4. The fraction of sp³-hybridized carbons (Fsp3) is 0.381. The van der Waals surface area contributed by atoms with Crippen LogP contribution in [-0.4, -0.2) is 63.6 Å². The fourth-order valence-corrected chi connectivity index (χ4v) is 6.83. The van der Waals surface area contributed by atoms with E-state index in [4.69, 9.17) is 23.7 Å². The molecule has 2 heterocycles. The number of carbonyl (C=O) groups is 1. The van der Waals surface area contributed by atoms with Crippen LogP contribution in [0.5, 0.6) is 11.5 Å². The van der Waals surface area contributed by atoms with Crippen LogP contribution in [0.15, 0.2) is 103 Å². The first kappa shape index (κ1) is 35.8. The molecule has 0 bridgehead atoms. The molecular weight excluding hydrogens is 642 g/mol. The topological polar surface area (TPSA) is 93.5 Å². The lowest BCUT2D eigenvalue weighted by atomic mass is 9.87. The quantitative estimate of drug-likeness (QED) is 0.117. The number of ether oxygens (including phenoxy) is 5. The minimum absolute atomic E-state index is 0.0432. The van der Waals surface area contributed by atoms with Crippen LogP contribution in [0.3, 0.4) is 0 Å². The van der Waals surface area contributed by atoms with E-state index in [1.165, 1.54) is 0 Å². The van der Waals surface area contributed by atoms with Crippen molar-refractivity contribution in [3.63, 3.8) is 0 Å². The molecule has 2 aliphatic rings. The molecular formula is C42H47N3O6. The molecule has 0 aromatic heterocycles. The Morgan fingerprint density at radius 2 is 1.57 bits per heavy atom. The minimum atomic E-state index is -0.332. The molecule has 4 aromatic rings. The van der Waals surface area contributed by atoms with E-state index in [1.54, 1.807) is 12.0 Å². The molecule has 2 aliphatic heterocycles. The second kappa shape index (κ2) is 18.3. The third-order valence-corrected chi connectivity index (χ3v) is 9.64. The van der Waals surface area contributed by atoms with Crippen molar-refractivity contribution in [3.05, 3.63) is 125 Å². The van der Waals surface area contributed by atoms with E-state index < -0.39 is 0 Å². The lowest BCUT2D eigenvalue weighted by Gasteiger charge is -2.38. The summed E-state index contributed by atoms with van der Waals surface area (Å²) in [5.74, 6) is 1.76. The maximum Gasteiger partial charge on any atom is 0.410 e. The van der Waals surface area contributed by atoms with Gasteiger partial charge in [0.15, 0.2) is 0 Å². The number of para-hydroxylation sites is 2. The standard InChI is InChI=1S/C42H47N3O6/c1-47-40-15-8-6-13-36(40)30-48-24-9-25-49-37-18-16-34(17-19-37)38-21-23-45(42(46)51-29-32-10-3-2-4-11-32)28-41(38)50-31-35-12-5-7-14-39(35)44-22-20-33(26-43)27-44/h2-8,10-19,33,38,41H,9,20-25,27-31H2,1H3/t33-,38?,41?/m0/s1. The monoisotopic (exact) mass is 689 g/mol. The molecule has 4 aromatic carbocycles. The number of nitriles is 1. The first-order valence-electron chi connectivity index (χ1n) is 17.8. The summed E-state index contributed by atoms with van der Waals surface area (Å²) in [6.45, 7) is 4.84. The molecule has 0 aliphatic carbocycles. The Balaban J connectivity index is 1.06. The number of anilines is 1. The van der Waals surface area contributed by atoms with Crippen molar-refractivity contribution < 1.29 is 28.5 Å². The zero-order chi connectivity index (χ0) is 35.3. The summed E-state index contributed by atoms with van der Waals surface area (Å²) < 4.78 is 29.7. The number of nitrogens with zero attached hydrogens (tertiary/aromatic N) is 3. The number of hydrogen-bond acceptors (Lipinski definition) is 8. The van der Waals surface area contributed by atoms with Crippen LogP contribution in [-0.2, 0) is 34.0 Å². The van der Waals surface area contributed by atoms with Crippen molar-refractivity contribution in [3.8, 4) is 17.6 Å². The lowest BCUT2D eigenvalue weighted by molar-refractivity contribution is -0.0245. The van der Waals surface area contributed by atoms with Crippen molar-refractivity contribution >= 4 is 11.8 Å². The number of hydrogen-bond donors (Lipinski definition) is 0. The van der Waals surface area contributed by atoms with Gasteiger partial charge in [0.1, 0.15) is 18.1 Å². The van der Waals surface area contributed by atoms with Crippen molar-refractivity contribution in [1.29, 1.82) is 5.26 Å². The molecule has 51 heavy (non-hydrogen) atoms. The van der Waals surface area contributed by atoms with Crippen LogP contribution in [0, 0.1) is 17.2 Å². The Kier molecular flexibility index (Phi) is 12.8. The highest BCUT2D eigenvalue weighted by molar-refractivity contribution is 5.68. The average molecular weight is 690 g/mol. The minimum Gasteiger partial charge on any atom is -0.496 e. The van der Waals surface area contributed by atoms with Gasteiger partial charge in [-0.1, -0.05) is 78.9 Å². The number of methoxy groups -OCH3 is 1. The van der Waals surface area contributed by atoms with Gasteiger partial charge in [-0.3, -0.25) is 0 Å². The van der Waals surface area contributed by atoms with Crippen molar-refractivity contribution in [2.75, 3.05) is 51.4 Å². The van der Waals surface area contributed by atoms with Crippen LogP contribution < -0.4 is 14.4 Å². The molecule has 1 amide bonds. The van der Waals surface area contributed by atoms with E-state index >= 15 is 0 Å². The zero-order valence-corrected chi connectivity index (χ0v) is 29.3. The summed E-state index contributed by atoms with van der Waals surface area (Å²) in [7, 11) is 1.67.